The molecule has 1 saturated carbocycles. The van der Waals surface area contributed by atoms with Crippen LogP contribution in [0.4, 0.5) is 11.1 Å². The Bertz CT molecular complexity index is 616. The molecule has 0 unspecified atom stereocenters. The average Bonchev–Trinajstić information content (AvgIpc) is 2.90. The zero-order valence-corrected chi connectivity index (χ0v) is 11.5. The summed E-state index contributed by atoms with van der Waals surface area (Å²) in [4.78, 5) is 17.9. The summed E-state index contributed by atoms with van der Waals surface area (Å²) in [5.41, 5.74) is 0. The molecule has 0 radical (unpaired) electrons. The summed E-state index contributed by atoms with van der Waals surface area (Å²) in [6.45, 7) is 1.23. The Labute approximate surface area is 119 Å². The highest BCUT2D eigenvalue weighted by Crippen LogP contribution is 2.40. The third-order valence-corrected chi connectivity index (χ3v) is 4.23. The van der Waals surface area contributed by atoms with E-state index in [4.69, 9.17) is 4.42 Å². The maximum atomic E-state index is 12.0. The topological polar surface area (TPSA) is 84.2 Å². The van der Waals surface area contributed by atoms with Crippen molar-refractivity contribution in [1.82, 2.24) is 15.2 Å². The van der Waals surface area contributed by atoms with Crippen molar-refractivity contribution in [3.8, 4) is 0 Å². The van der Waals surface area contributed by atoms with E-state index in [0.717, 1.165) is 18.7 Å². The summed E-state index contributed by atoms with van der Waals surface area (Å²) in [6, 6.07) is 0.533. The first-order chi connectivity index (χ1) is 9.79. The number of rotatable bonds is 4. The molecule has 0 aromatic carbocycles. The van der Waals surface area contributed by atoms with Gasteiger partial charge in [-0.2, -0.15) is 0 Å². The molecule has 1 saturated heterocycles. The van der Waals surface area contributed by atoms with Gasteiger partial charge in [0.05, 0.1) is 5.92 Å². The average molecular weight is 291 g/mol. The number of anilines is 2. The Balaban J connectivity index is 1.33. The van der Waals surface area contributed by atoms with Crippen molar-refractivity contribution >= 4 is 28.4 Å². The van der Waals surface area contributed by atoms with E-state index in [0.29, 0.717) is 30.2 Å². The lowest BCUT2D eigenvalue weighted by atomic mass is 10.0. The molecule has 2 aromatic rings. The lowest BCUT2D eigenvalue weighted by Gasteiger charge is -2.36. The van der Waals surface area contributed by atoms with Gasteiger partial charge < -0.3 is 14.6 Å². The summed E-state index contributed by atoms with van der Waals surface area (Å²) in [5, 5.41) is 13.4. The quantitative estimate of drug-likeness (QED) is 0.918. The van der Waals surface area contributed by atoms with Gasteiger partial charge in [0, 0.05) is 30.6 Å². The molecule has 3 heterocycles. The van der Waals surface area contributed by atoms with Crippen LogP contribution in [-0.4, -0.2) is 34.2 Å². The van der Waals surface area contributed by atoms with E-state index in [1.54, 1.807) is 6.20 Å². The zero-order valence-electron chi connectivity index (χ0n) is 10.7. The van der Waals surface area contributed by atoms with Gasteiger partial charge in [-0.05, 0) is 12.8 Å². The molecular weight excluding hydrogens is 278 g/mol. The molecule has 8 heteroatoms. The van der Waals surface area contributed by atoms with Crippen LogP contribution in [0.5, 0.6) is 0 Å². The molecule has 0 atom stereocenters. The predicted octanol–water partition coefficient (Wildman–Crippen LogP) is 1.48. The Morgan fingerprint density at radius 1 is 1.40 bits per heavy atom. The Kier molecular flexibility index (Phi) is 2.69. The minimum atomic E-state index is -0.0461. The van der Waals surface area contributed by atoms with Gasteiger partial charge in [-0.3, -0.25) is 4.79 Å². The third kappa shape index (κ3) is 2.15. The number of aromatic nitrogens is 3. The molecular formula is C12H13N5O2S. The number of thiazole rings is 1. The zero-order chi connectivity index (χ0) is 13.5. The normalized spacial score (nSPS) is 18.9. The van der Waals surface area contributed by atoms with Gasteiger partial charge in [-0.15, -0.1) is 16.4 Å². The number of carbonyl (C=O) groups excluding carboxylic acids is 1. The van der Waals surface area contributed by atoms with Crippen molar-refractivity contribution in [2.24, 2.45) is 5.92 Å². The van der Waals surface area contributed by atoms with Crippen LogP contribution in [0, 0.1) is 5.92 Å². The van der Waals surface area contributed by atoms with Crippen LogP contribution in [-0.2, 0) is 4.79 Å². The Morgan fingerprint density at radius 3 is 2.95 bits per heavy atom. The standard InChI is InChI=1S/C12H13N5O2S/c18-9(14-11-13-3-4-20-11)8-5-17(6-8)12-16-15-10(19-12)7-1-2-7/h3-4,7-8H,1-2,5-6H2,(H,13,14,18). The highest BCUT2D eigenvalue weighted by Gasteiger charge is 2.37. The van der Waals surface area contributed by atoms with E-state index in [9.17, 15) is 4.79 Å². The second kappa shape index (κ2) is 4.55. The lowest BCUT2D eigenvalue weighted by molar-refractivity contribution is -0.120. The summed E-state index contributed by atoms with van der Waals surface area (Å²) in [7, 11) is 0. The van der Waals surface area contributed by atoms with Crippen LogP contribution in [0.25, 0.3) is 0 Å². The van der Waals surface area contributed by atoms with Gasteiger partial charge in [-0.25, -0.2) is 4.98 Å². The first kappa shape index (κ1) is 11.8. The van der Waals surface area contributed by atoms with E-state index in [1.807, 2.05) is 10.3 Å². The molecule has 1 amide bonds. The van der Waals surface area contributed by atoms with Gasteiger partial charge in [0.25, 0.3) is 0 Å². The summed E-state index contributed by atoms with van der Waals surface area (Å²) in [5.74, 6) is 1.14. The molecule has 104 valence electrons. The fraction of sp³-hybridized carbons (Fsp3) is 0.500. The highest BCUT2D eigenvalue weighted by atomic mass is 32.1. The SMILES string of the molecule is O=C(Nc1nccs1)C1CN(c2nnc(C3CC3)o2)C1. The van der Waals surface area contributed by atoms with Crippen molar-refractivity contribution in [2.75, 3.05) is 23.3 Å². The molecule has 7 nitrogen and oxygen atoms in total. The molecule has 1 N–H and O–H groups in total. The van der Waals surface area contributed by atoms with Crippen LogP contribution in [0.1, 0.15) is 24.7 Å². The number of carbonyl (C=O) groups is 1. The van der Waals surface area contributed by atoms with Crippen molar-refractivity contribution in [2.45, 2.75) is 18.8 Å². The van der Waals surface area contributed by atoms with E-state index in [-0.39, 0.29) is 11.8 Å². The van der Waals surface area contributed by atoms with Gasteiger partial charge in [0.2, 0.25) is 11.8 Å². The van der Waals surface area contributed by atoms with Crippen LogP contribution >= 0.6 is 11.3 Å². The third-order valence-electron chi connectivity index (χ3n) is 3.54. The second-order valence-corrected chi connectivity index (χ2v) is 6.02. The van der Waals surface area contributed by atoms with E-state index >= 15 is 0 Å². The monoisotopic (exact) mass is 291 g/mol. The van der Waals surface area contributed by atoms with Crippen LogP contribution < -0.4 is 10.2 Å². The molecule has 1 aliphatic carbocycles. The van der Waals surface area contributed by atoms with E-state index in [2.05, 4.69) is 20.5 Å². The molecule has 2 aliphatic rings. The van der Waals surface area contributed by atoms with Gasteiger partial charge >= 0.3 is 6.01 Å². The van der Waals surface area contributed by atoms with Crippen LogP contribution in [0.3, 0.4) is 0 Å². The Morgan fingerprint density at radius 2 is 2.25 bits per heavy atom. The maximum absolute atomic E-state index is 12.0. The predicted molar refractivity (Wildman–Crippen MR) is 72.7 cm³/mol. The van der Waals surface area contributed by atoms with Crippen molar-refractivity contribution in [1.29, 1.82) is 0 Å². The maximum Gasteiger partial charge on any atom is 0.318 e. The van der Waals surface area contributed by atoms with Crippen LogP contribution in [0.2, 0.25) is 0 Å². The van der Waals surface area contributed by atoms with Gasteiger partial charge in [0.15, 0.2) is 5.13 Å². The van der Waals surface area contributed by atoms with E-state index in [1.165, 1.54) is 11.3 Å². The second-order valence-electron chi connectivity index (χ2n) is 5.13. The molecule has 0 spiro atoms. The number of nitrogens with one attached hydrogen (secondary N) is 1. The number of amides is 1. The molecule has 2 fully saturated rings. The fourth-order valence-electron chi connectivity index (χ4n) is 2.14. The minimum absolute atomic E-state index is 0.00173. The molecule has 2 aromatic heterocycles. The first-order valence-electron chi connectivity index (χ1n) is 6.58. The minimum Gasteiger partial charge on any atom is -0.408 e. The molecule has 20 heavy (non-hydrogen) atoms. The summed E-state index contributed by atoms with van der Waals surface area (Å²) in [6.07, 6.45) is 3.95. The van der Waals surface area contributed by atoms with Crippen molar-refractivity contribution in [3.63, 3.8) is 0 Å². The van der Waals surface area contributed by atoms with Crippen molar-refractivity contribution < 1.29 is 9.21 Å². The number of hydrogen-bond donors (Lipinski definition) is 1. The largest absolute Gasteiger partial charge is 0.408 e. The fourth-order valence-corrected chi connectivity index (χ4v) is 2.67. The summed E-state index contributed by atoms with van der Waals surface area (Å²) < 4.78 is 5.61. The van der Waals surface area contributed by atoms with Gasteiger partial charge in [-0.1, -0.05) is 5.10 Å². The molecule has 0 bridgehead atoms. The summed E-state index contributed by atoms with van der Waals surface area (Å²) >= 11 is 1.42. The lowest BCUT2D eigenvalue weighted by Crippen LogP contribution is -2.52. The first-order valence-corrected chi connectivity index (χ1v) is 7.46. The highest BCUT2D eigenvalue weighted by molar-refractivity contribution is 7.13. The smallest absolute Gasteiger partial charge is 0.318 e. The van der Waals surface area contributed by atoms with Gasteiger partial charge in [0.1, 0.15) is 0 Å². The van der Waals surface area contributed by atoms with Crippen LogP contribution in [0.15, 0.2) is 16.0 Å². The van der Waals surface area contributed by atoms with E-state index < -0.39 is 0 Å². The molecule has 1 aliphatic heterocycles. The van der Waals surface area contributed by atoms with Crippen molar-refractivity contribution in [3.05, 3.63) is 17.5 Å². The number of hydrogen-bond acceptors (Lipinski definition) is 7. The molecule has 4 rings (SSSR count). The Hall–Kier alpha value is -1.96. The number of nitrogens with zero attached hydrogens (tertiary/aromatic N) is 4.